The van der Waals surface area contributed by atoms with E-state index in [2.05, 4.69) is 42.2 Å². The molecule has 2 aromatic heterocycles. The third-order valence-corrected chi connectivity index (χ3v) is 5.69. The Kier molecular flexibility index (Phi) is 3.96. The summed E-state index contributed by atoms with van der Waals surface area (Å²) in [4.78, 5) is 16.5. The van der Waals surface area contributed by atoms with Gasteiger partial charge in [-0.2, -0.15) is 0 Å². The molecule has 0 aliphatic carbocycles. The van der Waals surface area contributed by atoms with Crippen molar-refractivity contribution < 1.29 is 4.79 Å². The minimum absolute atomic E-state index is 0.0705. The molecule has 0 radical (unpaired) electrons. The zero-order chi connectivity index (χ0) is 14.1. The van der Waals surface area contributed by atoms with E-state index in [1.165, 1.54) is 0 Å². The van der Waals surface area contributed by atoms with Gasteiger partial charge in [-0.1, -0.05) is 6.07 Å². The van der Waals surface area contributed by atoms with Crippen molar-refractivity contribution in [3.05, 3.63) is 55.2 Å². The summed E-state index contributed by atoms with van der Waals surface area (Å²) in [5.74, 6) is -0.0705. The van der Waals surface area contributed by atoms with Gasteiger partial charge in [-0.15, -0.1) is 11.3 Å². The van der Waals surface area contributed by atoms with E-state index in [4.69, 9.17) is 0 Å². The zero-order valence-corrected chi connectivity index (χ0v) is 14.2. The number of thiophene rings is 1. The maximum Gasteiger partial charge on any atom is 0.253 e. The van der Waals surface area contributed by atoms with Crippen molar-refractivity contribution >= 4 is 60.0 Å². The summed E-state index contributed by atoms with van der Waals surface area (Å²) < 4.78 is 1.88. The van der Waals surface area contributed by atoms with Crippen LogP contribution in [0.3, 0.4) is 0 Å². The van der Waals surface area contributed by atoms with Crippen molar-refractivity contribution in [3.63, 3.8) is 0 Å². The number of rotatable bonds is 3. The Morgan fingerprint density at radius 1 is 1.30 bits per heavy atom. The van der Waals surface area contributed by atoms with Crippen LogP contribution in [0.15, 0.2) is 44.8 Å². The van der Waals surface area contributed by atoms with Crippen LogP contribution in [-0.4, -0.2) is 10.9 Å². The Morgan fingerprint density at radius 2 is 2.10 bits per heavy atom. The highest BCUT2D eigenvalue weighted by Gasteiger charge is 2.13. The van der Waals surface area contributed by atoms with Crippen molar-refractivity contribution in [2.45, 2.75) is 6.54 Å². The molecule has 0 fully saturated rings. The van der Waals surface area contributed by atoms with Gasteiger partial charge in [0.15, 0.2) is 0 Å². The second kappa shape index (κ2) is 5.71. The van der Waals surface area contributed by atoms with Crippen LogP contribution < -0.4 is 5.32 Å². The lowest BCUT2D eigenvalue weighted by Gasteiger charge is -2.03. The van der Waals surface area contributed by atoms with E-state index >= 15 is 0 Å². The van der Waals surface area contributed by atoms with Gasteiger partial charge in [-0.05, 0) is 55.4 Å². The monoisotopic (exact) mass is 412 g/mol. The fraction of sp³-hybridized carbons (Fsp3) is 0.0714. The van der Waals surface area contributed by atoms with Gasteiger partial charge in [0.1, 0.15) is 0 Å². The average Bonchev–Trinajstić information content (AvgIpc) is 3.06. The number of nitrogens with one attached hydrogen (secondary N) is 2. The van der Waals surface area contributed by atoms with Gasteiger partial charge in [-0.25, -0.2) is 0 Å². The molecule has 0 saturated carbocycles. The third-order valence-electron chi connectivity index (χ3n) is 2.97. The van der Waals surface area contributed by atoms with E-state index in [0.29, 0.717) is 12.1 Å². The van der Waals surface area contributed by atoms with E-state index < -0.39 is 0 Å². The first-order valence-electron chi connectivity index (χ1n) is 5.92. The second-order valence-electron chi connectivity index (χ2n) is 4.28. The molecule has 3 nitrogen and oxygen atoms in total. The average molecular weight is 414 g/mol. The molecule has 20 heavy (non-hydrogen) atoms. The van der Waals surface area contributed by atoms with Gasteiger partial charge in [0, 0.05) is 30.9 Å². The van der Waals surface area contributed by atoms with E-state index in [9.17, 15) is 4.79 Å². The molecule has 0 aliphatic rings. The molecule has 2 heterocycles. The Labute approximate surface area is 136 Å². The van der Waals surface area contributed by atoms with Crippen LogP contribution in [0.25, 0.3) is 10.9 Å². The summed E-state index contributed by atoms with van der Waals surface area (Å²) >= 11 is 8.55. The lowest BCUT2D eigenvalue weighted by molar-refractivity contribution is 0.0953. The largest absolute Gasteiger partial charge is 0.360 e. The van der Waals surface area contributed by atoms with Crippen molar-refractivity contribution in [2.75, 3.05) is 0 Å². The molecule has 0 saturated heterocycles. The van der Waals surface area contributed by atoms with Crippen LogP contribution in [-0.2, 0) is 6.54 Å². The van der Waals surface area contributed by atoms with Crippen LogP contribution in [0, 0.1) is 0 Å². The highest BCUT2D eigenvalue weighted by Crippen LogP contribution is 2.30. The minimum atomic E-state index is -0.0705. The molecule has 0 atom stereocenters. The summed E-state index contributed by atoms with van der Waals surface area (Å²) in [6.07, 6.45) is 1.74. The number of aromatic amines is 1. The molecule has 6 heteroatoms. The standard InChI is InChI=1S/C14H10Br2N2OS/c15-11-4-9-10(7-17-13(9)5-12(11)16)14(19)18-6-8-2-1-3-20-8/h1-5,7,17H,6H2,(H,18,19). The lowest BCUT2D eigenvalue weighted by atomic mass is 10.1. The molecule has 1 amide bonds. The Hall–Kier alpha value is -1.11. The number of halogens is 2. The maximum atomic E-state index is 12.3. The molecule has 0 bridgehead atoms. The summed E-state index contributed by atoms with van der Waals surface area (Å²) in [6, 6.07) is 7.88. The number of benzene rings is 1. The van der Waals surface area contributed by atoms with Crippen LogP contribution in [0.4, 0.5) is 0 Å². The summed E-state index contributed by atoms with van der Waals surface area (Å²) in [5, 5.41) is 5.85. The predicted octanol–water partition coefficient (Wildman–Crippen LogP) is 4.68. The molecule has 0 spiro atoms. The zero-order valence-electron chi connectivity index (χ0n) is 10.2. The van der Waals surface area contributed by atoms with Gasteiger partial charge in [0.25, 0.3) is 5.91 Å². The van der Waals surface area contributed by atoms with E-state index in [1.807, 2.05) is 29.6 Å². The van der Waals surface area contributed by atoms with Gasteiger partial charge in [0.2, 0.25) is 0 Å². The topological polar surface area (TPSA) is 44.9 Å². The summed E-state index contributed by atoms with van der Waals surface area (Å²) in [6.45, 7) is 0.556. The number of carbonyl (C=O) groups excluding carboxylic acids is 1. The Bertz CT molecular complexity index is 765. The van der Waals surface area contributed by atoms with E-state index in [-0.39, 0.29) is 5.91 Å². The number of H-pyrrole nitrogens is 1. The fourth-order valence-electron chi connectivity index (χ4n) is 1.98. The summed E-state index contributed by atoms with van der Waals surface area (Å²) in [5.41, 5.74) is 1.59. The number of hydrogen-bond donors (Lipinski definition) is 2. The van der Waals surface area contributed by atoms with E-state index in [1.54, 1.807) is 17.5 Å². The molecule has 3 aromatic rings. The van der Waals surface area contributed by atoms with Gasteiger partial charge in [-0.3, -0.25) is 4.79 Å². The molecule has 0 aliphatic heterocycles. The number of aromatic nitrogens is 1. The summed E-state index contributed by atoms with van der Waals surface area (Å²) in [7, 11) is 0. The normalized spacial score (nSPS) is 10.9. The van der Waals surface area contributed by atoms with Crippen LogP contribution in [0.2, 0.25) is 0 Å². The van der Waals surface area contributed by atoms with Gasteiger partial charge >= 0.3 is 0 Å². The number of hydrogen-bond acceptors (Lipinski definition) is 2. The highest BCUT2D eigenvalue weighted by atomic mass is 79.9. The molecule has 2 N–H and O–H groups in total. The Balaban J connectivity index is 1.86. The van der Waals surface area contributed by atoms with Gasteiger partial charge < -0.3 is 10.3 Å². The van der Waals surface area contributed by atoms with Crippen molar-refractivity contribution in [1.29, 1.82) is 0 Å². The first-order chi connectivity index (χ1) is 9.65. The minimum Gasteiger partial charge on any atom is -0.360 e. The fourth-order valence-corrected chi connectivity index (χ4v) is 3.31. The number of carbonyl (C=O) groups is 1. The van der Waals surface area contributed by atoms with Gasteiger partial charge in [0.05, 0.1) is 12.1 Å². The second-order valence-corrected chi connectivity index (χ2v) is 7.02. The first-order valence-corrected chi connectivity index (χ1v) is 8.38. The smallest absolute Gasteiger partial charge is 0.253 e. The molecule has 102 valence electrons. The van der Waals surface area contributed by atoms with Crippen LogP contribution >= 0.6 is 43.2 Å². The van der Waals surface area contributed by atoms with Crippen molar-refractivity contribution in [1.82, 2.24) is 10.3 Å². The molecule has 3 rings (SSSR count). The maximum absolute atomic E-state index is 12.3. The van der Waals surface area contributed by atoms with Crippen LogP contribution in [0.5, 0.6) is 0 Å². The number of amides is 1. The van der Waals surface area contributed by atoms with Crippen molar-refractivity contribution in [3.8, 4) is 0 Å². The van der Waals surface area contributed by atoms with Crippen LogP contribution in [0.1, 0.15) is 15.2 Å². The quantitative estimate of drug-likeness (QED) is 0.642. The lowest BCUT2D eigenvalue weighted by Crippen LogP contribution is -2.21. The molecular formula is C14H10Br2N2OS. The molecule has 1 aromatic carbocycles. The third kappa shape index (κ3) is 2.68. The molecular weight excluding hydrogens is 404 g/mol. The SMILES string of the molecule is O=C(NCc1cccs1)c1c[nH]c2cc(Br)c(Br)cc12. The predicted molar refractivity (Wildman–Crippen MR) is 89.2 cm³/mol. The Morgan fingerprint density at radius 3 is 2.85 bits per heavy atom. The van der Waals surface area contributed by atoms with Crippen molar-refractivity contribution in [2.24, 2.45) is 0 Å². The molecule has 0 unspecified atom stereocenters. The highest BCUT2D eigenvalue weighted by molar-refractivity contribution is 9.13. The first kappa shape index (κ1) is 13.9. The van der Waals surface area contributed by atoms with E-state index in [0.717, 1.165) is 24.7 Å². The number of fused-ring (bicyclic) bond motifs is 1.